The number of aryl methyl sites for hydroxylation is 2. The van der Waals surface area contributed by atoms with Crippen LogP contribution < -0.4 is 15.6 Å². The number of carbonyl (C=O) groups excluding carboxylic acids is 1. The molecule has 0 atom stereocenters. The number of unbranched alkanes of at least 4 members (excludes halogenated alkanes) is 1. The molecule has 0 saturated heterocycles. The molecule has 1 N–H and O–H groups in total. The molecule has 1 heterocycles. The van der Waals surface area contributed by atoms with E-state index in [0.717, 1.165) is 34.1 Å². The summed E-state index contributed by atoms with van der Waals surface area (Å²) in [6.07, 6.45) is 4.13. The monoisotopic (exact) mass is 546 g/mol. The van der Waals surface area contributed by atoms with Crippen LogP contribution in [0.25, 0.3) is 10.9 Å². The third kappa shape index (κ3) is 6.26. The quantitative estimate of drug-likeness (QED) is 0.272. The zero-order valence-corrected chi connectivity index (χ0v) is 21.8. The molecule has 4 aromatic rings. The van der Waals surface area contributed by atoms with Crippen LogP contribution in [0.15, 0.2) is 81.1 Å². The van der Waals surface area contributed by atoms with Crippen molar-refractivity contribution >= 4 is 44.6 Å². The van der Waals surface area contributed by atoms with Crippen LogP contribution in [0.5, 0.6) is 5.75 Å². The van der Waals surface area contributed by atoms with E-state index in [1.807, 2.05) is 55.5 Å². The maximum Gasteiger partial charge on any atom is 0.282 e. The predicted octanol–water partition coefficient (Wildman–Crippen LogP) is 5.71. The summed E-state index contributed by atoms with van der Waals surface area (Å²) in [4.78, 5) is 30.2. The van der Waals surface area contributed by atoms with Crippen molar-refractivity contribution in [3.8, 4) is 5.75 Å². The van der Waals surface area contributed by atoms with Crippen LogP contribution >= 0.6 is 15.9 Å². The van der Waals surface area contributed by atoms with E-state index >= 15 is 0 Å². The van der Waals surface area contributed by atoms with Gasteiger partial charge in [0.2, 0.25) is 0 Å². The zero-order chi connectivity index (χ0) is 25.5. The Hall–Kier alpha value is -3.78. The molecular weight excluding hydrogens is 520 g/mol. The normalized spacial score (nSPS) is 11.2. The second-order valence-corrected chi connectivity index (χ2v) is 9.29. The number of carbonyl (C=O) groups is 1. The van der Waals surface area contributed by atoms with Gasteiger partial charge in [0.1, 0.15) is 11.6 Å². The molecule has 36 heavy (non-hydrogen) atoms. The van der Waals surface area contributed by atoms with Gasteiger partial charge in [0.05, 0.1) is 17.1 Å². The van der Waals surface area contributed by atoms with E-state index in [1.54, 1.807) is 24.4 Å². The van der Waals surface area contributed by atoms with Crippen LogP contribution in [0.1, 0.15) is 36.7 Å². The van der Waals surface area contributed by atoms with E-state index in [1.165, 1.54) is 4.68 Å². The summed E-state index contributed by atoms with van der Waals surface area (Å²) in [7, 11) is 0. The molecular formula is C28H27BrN4O3. The standard InChI is InChI=1S/C28H27BrN4O3/c1-3-4-12-26-31-25-14-13-21(29)16-23(25)28(35)33(26)30-17-20-9-7-10-22(15-20)36-18-27(34)32-24-11-6-5-8-19(24)2/h5-11,13-17H,3-4,12,18H2,1-2H3,(H,32,34). The summed E-state index contributed by atoms with van der Waals surface area (Å²) in [5, 5.41) is 7.83. The number of rotatable bonds is 9. The molecule has 0 aliphatic carbocycles. The second-order valence-electron chi connectivity index (χ2n) is 8.38. The molecule has 0 aliphatic rings. The Labute approximate surface area is 218 Å². The van der Waals surface area contributed by atoms with Crippen molar-refractivity contribution in [2.75, 3.05) is 11.9 Å². The predicted molar refractivity (Wildman–Crippen MR) is 147 cm³/mol. The number of benzene rings is 3. The van der Waals surface area contributed by atoms with Crippen LogP contribution in [0.2, 0.25) is 0 Å². The largest absolute Gasteiger partial charge is 0.484 e. The van der Waals surface area contributed by atoms with Crippen LogP contribution in [-0.2, 0) is 11.2 Å². The van der Waals surface area contributed by atoms with Gasteiger partial charge in [0.25, 0.3) is 11.5 Å². The first kappa shape index (κ1) is 25.3. The van der Waals surface area contributed by atoms with Crippen molar-refractivity contribution in [2.45, 2.75) is 33.1 Å². The van der Waals surface area contributed by atoms with Crippen molar-refractivity contribution in [3.05, 3.63) is 98.5 Å². The maximum absolute atomic E-state index is 13.2. The molecule has 8 heteroatoms. The van der Waals surface area contributed by atoms with Gasteiger partial charge in [-0.15, -0.1) is 0 Å². The summed E-state index contributed by atoms with van der Waals surface area (Å²) in [6.45, 7) is 3.90. The Morgan fingerprint density at radius 3 is 2.78 bits per heavy atom. The van der Waals surface area contributed by atoms with Crippen molar-refractivity contribution in [2.24, 2.45) is 5.10 Å². The minimum Gasteiger partial charge on any atom is -0.484 e. The number of para-hydroxylation sites is 1. The number of aromatic nitrogens is 2. The van der Waals surface area contributed by atoms with E-state index in [0.29, 0.717) is 28.9 Å². The van der Waals surface area contributed by atoms with Crippen molar-refractivity contribution < 1.29 is 9.53 Å². The number of ether oxygens (including phenoxy) is 1. The summed E-state index contributed by atoms with van der Waals surface area (Å²) in [6, 6.07) is 20.2. The lowest BCUT2D eigenvalue weighted by Gasteiger charge is -2.10. The summed E-state index contributed by atoms with van der Waals surface area (Å²) in [5.74, 6) is 0.898. The Bertz CT molecular complexity index is 1480. The topological polar surface area (TPSA) is 85.6 Å². The molecule has 0 fully saturated rings. The van der Waals surface area contributed by atoms with Gasteiger partial charge >= 0.3 is 0 Å². The van der Waals surface area contributed by atoms with Gasteiger partial charge in [0, 0.05) is 16.6 Å². The Balaban J connectivity index is 1.52. The fraction of sp³-hybridized carbons (Fsp3) is 0.214. The van der Waals surface area contributed by atoms with Crippen molar-refractivity contribution in [3.63, 3.8) is 0 Å². The van der Waals surface area contributed by atoms with Gasteiger partial charge in [-0.05, 0) is 60.9 Å². The summed E-state index contributed by atoms with van der Waals surface area (Å²) >= 11 is 3.43. The highest BCUT2D eigenvalue weighted by molar-refractivity contribution is 9.10. The third-order valence-electron chi connectivity index (χ3n) is 5.60. The molecule has 0 spiro atoms. The molecule has 0 radical (unpaired) electrons. The summed E-state index contributed by atoms with van der Waals surface area (Å²) < 4.78 is 7.86. The molecule has 3 aromatic carbocycles. The highest BCUT2D eigenvalue weighted by Gasteiger charge is 2.11. The Morgan fingerprint density at radius 2 is 1.97 bits per heavy atom. The third-order valence-corrected chi connectivity index (χ3v) is 6.09. The zero-order valence-electron chi connectivity index (χ0n) is 20.2. The molecule has 1 amide bonds. The lowest BCUT2D eigenvalue weighted by molar-refractivity contribution is -0.118. The van der Waals surface area contributed by atoms with Crippen molar-refractivity contribution in [1.29, 1.82) is 0 Å². The lowest BCUT2D eigenvalue weighted by atomic mass is 10.2. The summed E-state index contributed by atoms with van der Waals surface area (Å²) in [5.41, 5.74) is 2.90. The molecule has 0 aliphatic heterocycles. The first-order valence-electron chi connectivity index (χ1n) is 11.8. The number of hydrogen-bond donors (Lipinski definition) is 1. The Kier molecular flexibility index (Phi) is 8.28. The molecule has 7 nitrogen and oxygen atoms in total. The smallest absolute Gasteiger partial charge is 0.282 e. The maximum atomic E-state index is 13.2. The van der Waals surface area contributed by atoms with E-state index in [4.69, 9.17) is 9.72 Å². The lowest BCUT2D eigenvalue weighted by Crippen LogP contribution is -2.22. The number of fused-ring (bicyclic) bond motifs is 1. The number of nitrogens with zero attached hydrogens (tertiary/aromatic N) is 3. The molecule has 1 aromatic heterocycles. The van der Waals surface area contributed by atoms with Gasteiger partial charge in [-0.3, -0.25) is 9.59 Å². The number of anilines is 1. The fourth-order valence-corrected chi connectivity index (χ4v) is 4.03. The van der Waals surface area contributed by atoms with E-state index in [2.05, 4.69) is 33.3 Å². The molecule has 4 rings (SSSR count). The van der Waals surface area contributed by atoms with Crippen LogP contribution in [0.3, 0.4) is 0 Å². The molecule has 0 unspecified atom stereocenters. The minimum atomic E-state index is -0.246. The Morgan fingerprint density at radius 1 is 1.14 bits per heavy atom. The number of amides is 1. The highest BCUT2D eigenvalue weighted by Crippen LogP contribution is 2.18. The highest BCUT2D eigenvalue weighted by atomic mass is 79.9. The van der Waals surface area contributed by atoms with Gasteiger partial charge in [-0.1, -0.05) is 59.6 Å². The first-order valence-corrected chi connectivity index (χ1v) is 12.6. The fourth-order valence-electron chi connectivity index (χ4n) is 3.67. The van der Waals surface area contributed by atoms with Crippen LogP contribution in [0.4, 0.5) is 5.69 Å². The van der Waals surface area contributed by atoms with Gasteiger partial charge in [-0.25, -0.2) is 4.98 Å². The molecule has 0 saturated carbocycles. The van der Waals surface area contributed by atoms with Gasteiger partial charge in [0.15, 0.2) is 6.61 Å². The van der Waals surface area contributed by atoms with E-state index in [-0.39, 0.29) is 18.1 Å². The second kappa shape index (κ2) is 11.8. The van der Waals surface area contributed by atoms with E-state index in [9.17, 15) is 9.59 Å². The number of hydrogen-bond acceptors (Lipinski definition) is 5. The van der Waals surface area contributed by atoms with Gasteiger partial charge in [-0.2, -0.15) is 9.78 Å². The van der Waals surface area contributed by atoms with Crippen molar-refractivity contribution in [1.82, 2.24) is 9.66 Å². The van der Waals surface area contributed by atoms with Gasteiger partial charge < -0.3 is 10.1 Å². The van der Waals surface area contributed by atoms with E-state index < -0.39 is 0 Å². The number of halogens is 1. The SMILES string of the molecule is CCCCc1nc2ccc(Br)cc2c(=O)n1N=Cc1cccc(OCC(=O)Nc2ccccc2C)c1. The average Bonchev–Trinajstić information content (AvgIpc) is 2.88. The number of nitrogens with one attached hydrogen (secondary N) is 1. The molecule has 0 bridgehead atoms. The average molecular weight is 547 g/mol. The first-order chi connectivity index (χ1) is 17.4. The van der Waals surface area contributed by atoms with Crippen LogP contribution in [0, 0.1) is 6.92 Å². The van der Waals surface area contributed by atoms with Crippen LogP contribution in [-0.4, -0.2) is 28.4 Å². The minimum absolute atomic E-state index is 0.126. The molecule has 184 valence electrons.